The summed E-state index contributed by atoms with van der Waals surface area (Å²) in [6, 6.07) is 6.00. The highest BCUT2D eigenvalue weighted by atomic mass is 79.9. The highest BCUT2D eigenvalue weighted by molar-refractivity contribution is 9.10. The fourth-order valence-electron chi connectivity index (χ4n) is 1.23. The van der Waals surface area contributed by atoms with E-state index in [1.165, 1.54) is 5.39 Å². The summed E-state index contributed by atoms with van der Waals surface area (Å²) in [6.45, 7) is 0. The van der Waals surface area contributed by atoms with E-state index < -0.39 is 0 Å². The van der Waals surface area contributed by atoms with Gasteiger partial charge in [0.15, 0.2) is 0 Å². The molecule has 2 rings (SSSR count). The number of aromatic amines is 1. The van der Waals surface area contributed by atoms with Crippen molar-refractivity contribution in [2.24, 2.45) is 0 Å². The maximum atomic E-state index is 5.16. The maximum absolute atomic E-state index is 5.16. The number of nitrogens with one attached hydrogen (secondary N) is 1. The number of hydrogen-bond acceptors (Lipinski definition) is 1. The number of rotatable bonds is 1. The molecule has 2 nitrogen and oxygen atoms in total. The third kappa shape index (κ3) is 1.01. The van der Waals surface area contributed by atoms with Crippen LogP contribution in [0.1, 0.15) is 0 Å². The van der Waals surface area contributed by atoms with Crippen LogP contribution in [0.15, 0.2) is 28.9 Å². The highest BCUT2D eigenvalue weighted by Crippen LogP contribution is 2.31. The predicted octanol–water partition coefficient (Wildman–Crippen LogP) is 2.94. The van der Waals surface area contributed by atoms with Gasteiger partial charge in [-0.2, -0.15) is 0 Å². The zero-order chi connectivity index (χ0) is 8.55. The van der Waals surface area contributed by atoms with Crippen molar-refractivity contribution in [1.29, 1.82) is 0 Å². The molecule has 1 heterocycles. The van der Waals surface area contributed by atoms with Crippen molar-refractivity contribution in [2.45, 2.75) is 0 Å². The zero-order valence-corrected chi connectivity index (χ0v) is 8.18. The second kappa shape index (κ2) is 2.83. The van der Waals surface area contributed by atoms with E-state index in [-0.39, 0.29) is 0 Å². The van der Waals surface area contributed by atoms with Gasteiger partial charge in [0.25, 0.3) is 0 Å². The molecule has 0 amide bonds. The highest BCUT2D eigenvalue weighted by Gasteiger charge is 2.04. The molecule has 0 atom stereocenters. The van der Waals surface area contributed by atoms with Crippen LogP contribution in [-0.2, 0) is 0 Å². The number of fused-ring (bicyclic) bond motifs is 1. The average Bonchev–Trinajstić information content (AvgIpc) is 2.53. The lowest BCUT2D eigenvalue weighted by molar-refractivity contribution is 0.413. The molecule has 0 fully saturated rings. The van der Waals surface area contributed by atoms with Crippen LogP contribution in [0.2, 0.25) is 0 Å². The van der Waals surface area contributed by atoms with Gasteiger partial charge >= 0.3 is 0 Å². The van der Waals surface area contributed by atoms with E-state index in [0.717, 1.165) is 15.7 Å². The first-order valence-corrected chi connectivity index (χ1v) is 4.42. The fraction of sp³-hybridized carbons (Fsp3) is 0.111. The molecule has 0 aliphatic heterocycles. The lowest BCUT2D eigenvalue weighted by Crippen LogP contribution is -1.84. The third-order valence-corrected chi connectivity index (χ3v) is 2.64. The number of H-pyrrole nitrogens is 1. The second-order valence-corrected chi connectivity index (χ2v) is 3.32. The van der Waals surface area contributed by atoms with E-state index in [0.29, 0.717) is 0 Å². The standard InChI is InChI=1S/C9H8BrNO/c1-12-7-3-2-6-4-5-11-9(6)8(7)10/h2-5,11H,1H3. The Balaban J connectivity index is 2.78. The van der Waals surface area contributed by atoms with Crippen molar-refractivity contribution in [3.05, 3.63) is 28.9 Å². The SMILES string of the molecule is COc1ccc2cc[nH]c2c1Br. The molecule has 3 heteroatoms. The number of ether oxygens (including phenoxy) is 1. The van der Waals surface area contributed by atoms with E-state index in [1.54, 1.807) is 7.11 Å². The Morgan fingerprint density at radius 3 is 2.92 bits per heavy atom. The molecule has 1 aromatic heterocycles. The normalized spacial score (nSPS) is 10.5. The van der Waals surface area contributed by atoms with Gasteiger partial charge in [-0.15, -0.1) is 0 Å². The smallest absolute Gasteiger partial charge is 0.135 e. The first-order valence-electron chi connectivity index (χ1n) is 3.62. The number of benzene rings is 1. The minimum absolute atomic E-state index is 0.852. The van der Waals surface area contributed by atoms with Gasteiger partial charge in [-0.05, 0) is 34.1 Å². The van der Waals surface area contributed by atoms with Crippen molar-refractivity contribution in [2.75, 3.05) is 7.11 Å². The minimum Gasteiger partial charge on any atom is -0.495 e. The molecule has 0 saturated carbocycles. The van der Waals surface area contributed by atoms with E-state index >= 15 is 0 Å². The van der Waals surface area contributed by atoms with Crippen LogP contribution in [-0.4, -0.2) is 12.1 Å². The Morgan fingerprint density at radius 2 is 2.17 bits per heavy atom. The van der Waals surface area contributed by atoms with Gasteiger partial charge in [0, 0.05) is 11.6 Å². The van der Waals surface area contributed by atoms with Crippen LogP contribution >= 0.6 is 15.9 Å². The summed E-state index contributed by atoms with van der Waals surface area (Å²) < 4.78 is 6.13. The average molecular weight is 226 g/mol. The Labute approximate surface area is 78.7 Å². The molecule has 0 bridgehead atoms. The number of methoxy groups -OCH3 is 1. The van der Waals surface area contributed by atoms with Gasteiger partial charge in [0.05, 0.1) is 17.1 Å². The molecule has 2 aromatic rings. The number of hydrogen-bond donors (Lipinski definition) is 1. The van der Waals surface area contributed by atoms with Gasteiger partial charge in [-0.3, -0.25) is 0 Å². The Bertz CT molecular complexity index is 408. The van der Waals surface area contributed by atoms with Crippen molar-refractivity contribution in [3.63, 3.8) is 0 Å². The van der Waals surface area contributed by atoms with Gasteiger partial charge in [-0.1, -0.05) is 0 Å². The van der Waals surface area contributed by atoms with Gasteiger partial charge in [0.1, 0.15) is 5.75 Å². The summed E-state index contributed by atoms with van der Waals surface area (Å²) in [5.74, 6) is 0.852. The summed E-state index contributed by atoms with van der Waals surface area (Å²) in [4.78, 5) is 3.14. The predicted molar refractivity (Wildman–Crippen MR) is 52.6 cm³/mol. The Hall–Kier alpha value is -0.960. The summed E-state index contributed by atoms with van der Waals surface area (Å²) in [5, 5.41) is 1.18. The molecule has 0 saturated heterocycles. The van der Waals surface area contributed by atoms with Crippen molar-refractivity contribution < 1.29 is 4.74 Å². The van der Waals surface area contributed by atoms with E-state index in [2.05, 4.69) is 20.9 Å². The summed E-state index contributed by atoms with van der Waals surface area (Å²) >= 11 is 3.46. The molecule has 0 aliphatic carbocycles. The maximum Gasteiger partial charge on any atom is 0.135 e. The van der Waals surface area contributed by atoms with E-state index in [4.69, 9.17) is 4.74 Å². The van der Waals surface area contributed by atoms with Crippen molar-refractivity contribution >= 4 is 26.8 Å². The monoisotopic (exact) mass is 225 g/mol. The quantitative estimate of drug-likeness (QED) is 0.794. The van der Waals surface area contributed by atoms with Gasteiger partial charge in [-0.25, -0.2) is 0 Å². The van der Waals surface area contributed by atoms with Crippen LogP contribution in [0.5, 0.6) is 5.75 Å². The lowest BCUT2D eigenvalue weighted by atomic mass is 10.2. The molecule has 0 aliphatic rings. The molecule has 12 heavy (non-hydrogen) atoms. The molecule has 0 unspecified atom stereocenters. The fourth-order valence-corrected chi connectivity index (χ4v) is 1.87. The largest absolute Gasteiger partial charge is 0.495 e. The Morgan fingerprint density at radius 1 is 1.33 bits per heavy atom. The Kier molecular flexibility index (Phi) is 1.81. The molecule has 0 radical (unpaired) electrons. The van der Waals surface area contributed by atoms with Gasteiger partial charge in [0.2, 0.25) is 0 Å². The summed E-state index contributed by atoms with van der Waals surface area (Å²) in [7, 11) is 1.66. The molecule has 62 valence electrons. The first kappa shape index (κ1) is 7.68. The van der Waals surface area contributed by atoms with Crippen LogP contribution in [0.3, 0.4) is 0 Å². The van der Waals surface area contributed by atoms with E-state index in [1.807, 2.05) is 24.4 Å². The topological polar surface area (TPSA) is 25.0 Å². The third-order valence-electron chi connectivity index (χ3n) is 1.85. The second-order valence-electron chi connectivity index (χ2n) is 2.52. The first-order chi connectivity index (χ1) is 5.83. The minimum atomic E-state index is 0.852. The van der Waals surface area contributed by atoms with Crippen LogP contribution in [0, 0.1) is 0 Å². The molecule has 0 spiro atoms. The van der Waals surface area contributed by atoms with E-state index in [9.17, 15) is 0 Å². The van der Waals surface area contributed by atoms with Crippen molar-refractivity contribution in [3.8, 4) is 5.75 Å². The zero-order valence-electron chi connectivity index (χ0n) is 6.60. The van der Waals surface area contributed by atoms with Gasteiger partial charge < -0.3 is 9.72 Å². The van der Waals surface area contributed by atoms with Crippen LogP contribution < -0.4 is 4.74 Å². The summed E-state index contributed by atoms with van der Waals surface area (Å²) in [6.07, 6.45) is 1.91. The van der Waals surface area contributed by atoms with Crippen LogP contribution in [0.25, 0.3) is 10.9 Å². The lowest BCUT2D eigenvalue weighted by Gasteiger charge is -2.02. The number of aromatic nitrogens is 1. The van der Waals surface area contributed by atoms with Crippen molar-refractivity contribution in [1.82, 2.24) is 4.98 Å². The molecular weight excluding hydrogens is 218 g/mol. The molecule has 1 aromatic carbocycles. The number of halogens is 1. The molecular formula is C9H8BrNO. The van der Waals surface area contributed by atoms with Crippen LogP contribution in [0.4, 0.5) is 0 Å². The molecule has 1 N–H and O–H groups in total. The summed E-state index contributed by atoms with van der Waals surface area (Å²) in [5.41, 5.74) is 1.08.